The summed E-state index contributed by atoms with van der Waals surface area (Å²) in [5.74, 6) is 3.37. The molecule has 1 heterocycles. The Balaban J connectivity index is 1.53. The van der Waals surface area contributed by atoms with E-state index < -0.39 is 0 Å². The lowest BCUT2D eigenvalue weighted by Gasteiger charge is -2.71. The molecular weight excluding hydrogens is 430 g/mol. The Hall–Kier alpha value is -0.830. The minimum Gasteiger partial charge on any atom is -0.465 e. The third-order valence-corrected chi connectivity index (χ3v) is 13.4. The van der Waals surface area contributed by atoms with Crippen molar-refractivity contribution in [2.45, 2.75) is 118 Å². The Kier molecular flexibility index (Phi) is 6.15. The SMILES string of the molecule is C=C(C)[C@@H]1CC[C@]2(COC(C)=O)CC[C@]3(C)[C@H](CC[C@@H]4[C@@]5(C)CCCNC(C)(C)[C@@H]5CC[C@]43C)[C@@H]12. The van der Waals surface area contributed by atoms with Crippen LogP contribution in [0.3, 0.4) is 0 Å². The van der Waals surface area contributed by atoms with Gasteiger partial charge in [0, 0.05) is 17.9 Å². The second kappa shape index (κ2) is 8.34. The molecule has 5 aliphatic rings. The van der Waals surface area contributed by atoms with Crippen molar-refractivity contribution in [1.82, 2.24) is 5.32 Å². The van der Waals surface area contributed by atoms with Gasteiger partial charge >= 0.3 is 5.97 Å². The second-order valence-electron chi connectivity index (χ2n) is 15.1. The summed E-state index contributed by atoms with van der Waals surface area (Å²) in [7, 11) is 0. The second-order valence-corrected chi connectivity index (χ2v) is 15.1. The van der Waals surface area contributed by atoms with Crippen molar-refractivity contribution in [3.63, 3.8) is 0 Å². The number of hydrogen-bond donors (Lipinski definition) is 1. The Morgan fingerprint density at radius 2 is 1.63 bits per heavy atom. The summed E-state index contributed by atoms with van der Waals surface area (Å²) in [5, 5.41) is 3.94. The summed E-state index contributed by atoms with van der Waals surface area (Å²) < 4.78 is 5.81. The van der Waals surface area contributed by atoms with Crippen LogP contribution in [0.4, 0.5) is 0 Å². The monoisotopic (exact) mass is 483 g/mol. The Morgan fingerprint density at radius 1 is 0.886 bits per heavy atom. The highest BCUT2D eigenvalue weighted by Crippen LogP contribution is 2.76. The predicted molar refractivity (Wildman–Crippen MR) is 144 cm³/mol. The first-order valence-corrected chi connectivity index (χ1v) is 14.8. The van der Waals surface area contributed by atoms with E-state index in [1.165, 1.54) is 76.3 Å². The zero-order valence-corrected chi connectivity index (χ0v) is 23.9. The summed E-state index contributed by atoms with van der Waals surface area (Å²) in [4.78, 5) is 11.9. The average molecular weight is 484 g/mol. The summed E-state index contributed by atoms with van der Waals surface area (Å²) >= 11 is 0. The highest BCUT2D eigenvalue weighted by molar-refractivity contribution is 5.65. The first kappa shape index (κ1) is 25.8. The number of hydrogen-bond acceptors (Lipinski definition) is 3. The van der Waals surface area contributed by atoms with Crippen LogP contribution in [-0.4, -0.2) is 24.7 Å². The van der Waals surface area contributed by atoms with Crippen LogP contribution in [0.15, 0.2) is 12.2 Å². The van der Waals surface area contributed by atoms with Crippen molar-refractivity contribution in [2.75, 3.05) is 13.2 Å². The van der Waals surface area contributed by atoms with Gasteiger partial charge in [-0.1, -0.05) is 32.9 Å². The standard InChI is InChI=1S/C32H53NO2/c1-21(2)23-12-16-32(20-35-22(3)34)18-17-30(7)24(27(23)32)10-11-26-29(6)14-9-19-33-28(4,5)25(29)13-15-31(26,30)8/h23-27,33H,1,9-20H2,2-8H3/t23-,24+,25-,26+,27+,29-,30+,31+,32+/m0/s1. The normalized spacial score (nSPS) is 50.7. The van der Waals surface area contributed by atoms with Crippen LogP contribution in [0.25, 0.3) is 0 Å². The van der Waals surface area contributed by atoms with Crippen LogP contribution in [0, 0.1) is 51.2 Å². The fourth-order valence-corrected chi connectivity index (χ4v) is 11.7. The molecule has 9 atom stereocenters. The molecule has 0 amide bonds. The van der Waals surface area contributed by atoms with Gasteiger partial charge in [0.25, 0.3) is 0 Å². The van der Waals surface area contributed by atoms with Crippen LogP contribution in [0.5, 0.6) is 0 Å². The van der Waals surface area contributed by atoms with E-state index >= 15 is 0 Å². The summed E-state index contributed by atoms with van der Waals surface area (Å²) in [6, 6.07) is 0. The van der Waals surface area contributed by atoms with E-state index in [9.17, 15) is 4.79 Å². The molecule has 3 nitrogen and oxygen atoms in total. The third-order valence-electron chi connectivity index (χ3n) is 13.4. The van der Waals surface area contributed by atoms with Gasteiger partial charge < -0.3 is 10.1 Å². The Labute approximate surface area is 215 Å². The number of rotatable bonds is 3. The van der Waals surface area contributed by atoms with Gasteiger partial charge in [-0.25, -0.2) is 0 Å². The van der Waals surface area contributed by atoms with Gasteiger partial charge in [-0.3, -0.25) is 4.79 Å². The smallest absolute Gasteiger partial charge is 0.302 e. The molecule has 3 heteroatoms. The molecule has 5 rings (SSSR count). The van der Waals surface area contributed by atoms with Gasteiger partial charge in [-0.2, -0.15) is 0 Å². The lowest BCUT2D eigenvalue weighted by Crippen LogP contribution is -2.66. The largest absolute Gasteiger partial charge is 0.465 e. The molecule has 4 aliphatic carbocycles. The van der Waals surface area contributed by atoms with Gasteiger partial charge in [0.05, 0.1) is 6.61 Å². The number of carbonyl (C=O) groups excluding carboxylic acids is 1. The van der Waals surface area contributed by atoms with Crippen LogP contribution in [0.2, 0.25) is 0 Å². The highest BCUT2D eigenvalue weighted by Gasteiger charge is 2.70. The maximum Gasteiger partial charge on any atom is 0.302 e. The summed E-state index contributed by atoms with van der Waals surface area (Å²) in [6.07, 6.45) is 13.1. The van der Waals surface area contributed by atoms with Crippen LogP contribution in [-0.2, 0) is 9.53 Å². The maximum atomic E-state index is 11.9. The van der Waals surface area contributed by atoms with Crippen molar-refractivity contribution < 1.29 is 9.53 Å². The molecule has 0 radical (unpaired) electrons. The number of carbonyl (C=O) groups is 1. The zero-order chi connectivity index (χ0) is 25.4. The molecule has 0 bridgehead atoms. The molecule has 0 aromatic rings. The molecule has 5 fully saturated rings. The van der Waals surface area contributed by atoms with Crippen LogP contribution < -0.4 is 5.32 Å². The lowest BCUT2D eigenvalue weighted by atomic mass is 9.33. The Morgan fingerprint density at radius 3 is 2.31 bits per heavy atom. The molecule has 1 saturated heterocycles. The van der Waals surface area contributed by atoms with Gasteiger partial charge in [0.1, 0.15) is 0 Å². The molecule has 1 N–H and O–H groups in total. The minimum atomic E-state index is -0.114. The topological polar surface area (TPSA) is 38.3 Å². The first-order chi connectivity index (χ1) is 16.3. The number of ether oxygens (including phenoxy) is 1. The highest BCUT2D eigenvalue weighted by atomic mass is 16.5. The quantitative estimate of drug-likeness (QED) is 0.333. The number of allylic oxidation sites excluding steroid dienone is 1. The van der Waals surface area contributed by atoms with Gasteiger partial charge in [-0.05, 0) is 137 Å². The summed E-state index contributed by atoms with van der Waals surface area (Å²) in [5.41, 5.74) is 2.92. The molecule has 0 aromatic heterocycles. The fraction of sp³-hybridized carbons (Fsp3) is 0.906. The van der Waals surface area contributed by atoms with Crippen LogP contribution >= 0.6 is 0 Å². The van der Waals surface area contributed by atoms with E-state index in [0.29, 0.717) is 40.6 Å². The van der Waals surface area contributed by atoms with Gasteiger partial charge in [-0.15, -0.1) is 0 Å². The molecule has 35 heavy (non-hydrogen) atoms. The lowest BCUT2D eigenvalue weighted by molar-refractivity contribution is -0.227. The van der Waals surface area contributed by atoms with E-state index in [0.717, 1.165) is 11.8 Å². The molecule has 0 spiro atoms. The zero-order valence-electron chi connectivity index (χ0n) is 23.9. The maximum absolute atomic E-state index is 11.9. The van der Waals surface area contributed by atoms with E-state index in [1.807, 2.05) is 0 Å². The molecular formula is C32H53NO2. The van der Waals surface area contributed by atoms with Gasteiger partial charge in [0.2, 0.25) is 0 Å². The van der Waals surface area contributed by atoms with Crippen molar-refractivity contribution >= 4 is 5.97 Å². The third kappa shape index (κ3) is 3.56. The average Bonchev–Trinajstić information content (AvgIpc) is 3.11. The summed E-state index contributed by atoms with van der Waals surface area (Å²) in [6.45, 7) is 23.2. The molecule has 1 aliphatic heterocycles. The molecule has 0 aromatic carbocycles. The van der Waals surface area contributed by atoms with E-state index in [2.05, 4.69) is 53.4 Å². The van der Waals surface area contributed by atoms with E-state index in [-0.39, 0.29) is 16.9 Å². The first-order valence-electron chi connectivity index (χ1n) is 14.8. The number of esters is 1. The predicted octanol–water partition coefficient (Wildman–Crippen LogP) is 7.55. The molecule has 4 saturated carbocycles. The van der Waals surface area contributed by atoms with E-state index in [4.69, 9.17) is 4.74 Å². The van der Waals surface area contributed by atoms with Gasteiger partial charge in [0.15, 0.2) is 0 Å². The number of fused-ring (bicyclic) bond motifs is 7. The van der Waals surface area contributed by atoms with Crippen molar-refractivity contribution in [3.05, 3.63) is 12.2 Å². The van der Waals surface area contributed by atoms with Crippen molar-refractivity contribution in [3.8, 4) is 0 Å². The van der Waals surface area contributed by atoms with Crippen LogP contribution in [0.1, 0.15) is 113 Å². The van der Waals surface area contributed by atoms with Crippen molar-refractivity contribution in [1.29, 1.82) is 0 Å². The number of nitrogens with one attached hydrogen (secondary N) is 1. The molecule has 0 unspecified atom stereocenters. The Bertz CT molecular complexity index is 879. The van der Waals surface area contributed by atoms with Crippen molar-refractivity contribution in [2.24, 2.45) is 51.2 Å². The fourth-order valence-electron chi connectivity index (χ4n) is 11.7. The molecule has 198 valence electrons. The minimum absolute atomic E-state index is 0.114. The van der Waals surface area contributed by atoms with E-state index in [1.54, 1.807) is 6.92 Å².